The molecule has 3 rings (SSSR count). The molecule has 0 amide bonds. The van der Waals surface area contributed by atoms with Gasteiger partial charge in [0.2, 0.25) is 0 Å². The minimum atomic E-state index is -0.633. The van der Waals surface area contributed by atoms with Crippen LogP contribution in [0.15, 0.2) is 44.8 Å². The van der Waals surface area contributed by atoms with Gasteiger partial charge in [-0.3, -0.25) is 4.79 Å². The van der Waals surface area contributed by atoms with Crippen LogP contribution < -0.4 is 0 Å². The van der Waals surface area contributed by atoms with E-state index in [4.69, 9.17) is 13.9 Å². The van der Waals surface area contributed by atoms with Crippen molar-refractivity contribution in [3.8, 4) is 17.4 Å². The Hall–Kier alpha value is -3.48. The zero-order valence-corrected chi connectivity index (χ0v) is 22.7. The molecule has 0 spiro atoms. The molecule has 0 bridgehead atoms. The molecule has 0 aliphatic heterocycles. The minimum Gasteiger partial charge on any atom is -0.462 e. The number of hydrogen-bond acceptors (Lipinski definition) is 8. The number of aryl methyl sites for hydroxylation is 1. The van der Waals surface area contributed by atoms with Gasteiger partial charge in [0, 0.05) is 27.4 Å². The van der Waals surface area contributed by atoms with Crippen LogP contribution in [0.4, 0.5) is 0 Å². The summed E-state index contributed by atoms with van der Waals surface area (Å²) in [5.74, 6) is -0.815. The number of halogens is 1. The van der Waals surface area contributed by atoms with Crippen molar-refractivity contribution in [2.75, 3.05) is 13.2 Å². The number of hydrogen-bond donors (Lipinski definition) is 0. The Morgan fingerprint density at radius 1 is 1.08 bits per heavy atom. The third-order valence-electron chi connectivity index (χ3n) is 5.21. The molecule has 186 valence electrons. The number of ether oxygens (including phenoxy) is 2. The summed E-state index contributed by atoms with van der Waals surface area (Å²) in [7, 11) is 0. The van der Waals surface area contributed by atoms with Gasteiger partial charge in [0.15, 0.2) is 5.78 Å². The number of ketones is 1. The van der Waals surface area contributed by atoms with E-state index < -0.39 is 17.7 Å². The molecule has 36 heavy (non-hydrogen) atoms. The number of furan rings is 1. The van der Waals surface area contributed by atoms with Gasteiger partial charge in [0.1, 0.15) is 22.5 Å². The first-order chi connectivity index (χ1) is 17.2. The fourth-order valence-electron chi connectivity index (χ4n) is 3.51. The number of benzene rings is 1. The van der Waals surface area contributed by atoms with Gasteiger partial charge in [0.25, 0.3) is 0 Å². The van der Waals surface area contributed by atoms with Crippen LogP contribution in [0.5, 0.6) is 0 Å². The van der Waals surface area contributed by atoms with Crippen LogP contribution in [0.25, 0.3) is 17.4 Å². The Morgan fingerprint density at radius 3 is 2.42 bits per heavy atom. The highest BCUT2D eigenvalue weighted by molar-refractivity contribution is 9.10. The van der Waals surface area contributed by atoms with Crippen molar-refractivity contribution in [1.29, 1.82) is 5.26 Å². The van der Waals surface area contributed by atoms with Gasteiger partial charge in [-0.2, -0.15) is 5.26 Å². The van der Waals surface area contributed by atoms with Gasteiger partial charge in [-0.25, -0.2) is 9.59 Å². The molecule has 0 N–H and O–H groups in total. The summed E-state index contributed by atoms with van der Waals surface area (Å²) in [5.41, 5.74) is 2.33. The molecule has 9 heteroatoms. The molecular weight excluding hydrogens is 546 g/mol. The van der Waals surface area contributed by atoms with Crippen molar-refractivity contribution in [2.24, 2.45) is 0 Å². The summed E-state index contributed by atoms with van der Waals surface area (Å²) in [5, 5.41) is 9.66. The third-order valence-corrected chi connectivity index (χ3v) is 7.13. The van der Waals surface area contributed by atoms with Gasteiger partial charge >= 0.3 is 11.9 Å². The molecule has 0 aliphatic rings. The predicted octanol–water partition coefficient (Wildman–Crippen LogP) is 6.46. The molecular formula is C27H24BrNO6S. The first kappa shape index (κ1) is 27.1. The monoisotopic (exact) mass is 569 g/mol. The Kier molecular flexibility index (Phi) is 9.02. The molecule has 7 nitrogen and oxygen atoms in total. The number of nitrogens with zero attached hydrogens (tertiary/aromatic N) is 1. The van der Waals surface area contributed by atoms with E-state index in [1.807, 2.05) is 31.2 Å². The Morgan fingerprint density at radius 2 is 1.78 bits per heavy atom. The highest BCUT2D eigenvalue weighted by Crippen LogP contribution is 2.33. The van der Waals surface area contributed by atoms with Gasteiger partial charge in [-0.15, -0.1) is 11.3 Å². The lowest BCUT2D eigenvalue weighted by molar-refractivity contribution is -0.114. The van der Waals surface area contributed by atoms with Crippen molar-refractivity contribution in [1.82, 2.24) is 0 Å². The number of thiophene rings is 1. The molecule has 0 fully saturated rings. The maximum atomic E-state index is 13.1. The third kappa shape index (κ3) is 6.01. The number of allylic oxidation sites excluding steroid dienone is 1. The highest BCUT2D eigenvalue weighted by atomic mass is 79.9. The number of nitriles is 1. The van der Waals surface area contributed by atoms with E-state index in [9.17, 15) is 19.6 Å². The van der Waals surface area contributed by atoms with Crippen LogP contribution in [0.1, 0.15) is 55.6 Å². The second-order valence-electron chi connectivity index (χ2n) is 7.75. The number of Topliss-reactive ketones (excluding diaryl/α,β-unsaturated/α-hetero) is 1. The molecule has 2 aromatic heterocycles. The lowest BCUT2D eigenvalue weighted by Crippen LogP contribution is -2.12. The summed E-state index contributed by atoms with van der Waals surface area (Å²) < 4.78 is 16.9. The summed E-state index contributed by atoms with van der Waals surface area (Å²) in [4.78, 5) is 38.6. The summed E-state index contributed by atoms with van der Waals surface area (Å²) in [6.45, 7) is 7.24. The maximum Gasteiger partial charge on any atom is 0.348 e. The van der Waals surface area contributed by atoms with Crippen LogP contribution in [-0.2, 0) is 20.7 Å². The Bertz CT molecular complexity index is 1390. The quantitative estimate of drug-likeness (QED) is 0.165. The van der Waals surface area contributed by atoms with Crippen LogP contribution >= 0.6 is 27.3 Å². The standard InChI is InChI=1S/C27H24BrNO6S/c1-5-33-26(31)24-16(4)25(27(32)34-6-2)36-23(24)13-21(30)17(14-29)12-18-8-10-22(35-18)19-9-7-15(3)11-20(19)28/h7-12H,5-6,13H2,1-4H3/b17-12+. The predicted molar refractivity (Wildman–Crippen MR) is 140 cm³/mol. The maximum absolute atomic E-state index is 13.1. The van der Waals surface area contributed by atoms with Crippen LogP contribution in [0, 0.1) is 25.2 Å². The molecule has 0 saturated carbocycles. The van der Waals surface area contributed by atoms with Gasteiger partial charge in [-0.05, 0) is 63.1 Å². The summed E-state index contributed by atoms with van der Waals surface area (Å²) in [6, 6.07) is 11.2. The average Bonchev–Trinajstić information content (AvgIpc) is 3.41. The van der Waals surface area contributed by atoms with Crippen LogP contribution in [0.2, 0.25) is 0 Å². The average molecular weight is 570 g/mol. The molecule has 0 atom stereocenters. The summed E-state index contributed by atoms with van der Waals surface area (Å²) in [6.07, 6.45) is 1.11. The van der Waals surface area contributed by atoms with Gasteiger partial charge < -0.3 is 13.9 Å². The zero-order valence-electron chi connectivity index (χ0n) is 20.3. The summed E-state index contributed by atoms with van der Waals surface area (Å²) >= 11 is 4.52. The number of carbonyl (C=O) groups excluding carboxylic acids is 3. The molecule has 0 aliphatic carbocycles. The first-order valence-corrected chi connectivity index (χ1v) is 12.8. The van der Waals surface area contributed by atoms with E-state index >= 15 is 0 Å². The molecule has 0 radical (unpaired) electrons. The van der Waals surface area contributed by atoms with E-state index in [1.165, 1.54) is 6.08 Å². The minimum absolute atomic E-state index is 0.136. The van der Waals surface area contributed by atoms with Crippen molar-refractivity contribution < 1.29 is 28.3 Å². The van der Waals surface area contributed by atoms with Gasteiger partial charge in [0.05, 0.1) is 24.4 Å². The van der Waals surface area contributed by atoms with Crippen LogP contribution in [-0.4, -0.2) is 30.9 Å². The van der Waals surface area contributed by atoms with Crippen molar-refractivity contribution in [3.05, 3.63) is 72.6 Å². The second-order valence-corrected chi connectivity index (χ2v) is 9.71. The van der Waals surface area contributed by atoms with Crippen molar-refractivity contribution in [3.63, 3.8) is 0 Å². The van der Waals surface area contributed by atoms with E-state index in [0.29, 0.717) is 22.0 Å². The fourth-order valence-corrected chi connectivity index (χ4v) is 5.39. The smallest absolute Gasteiger partial charge is 0.348 e. The second kappa shape index (κ2) is 12.0. The molecule has 1 aromatic carbocycles. The molecule has 0 saturated heterocycles. The van der Waals surface area contributed by atoms with Crippen molar-refractivity contribution in [2.45, 2.75) is 34.1 Å². The van der Waals surface area contributed by atoms with Gasteiger partial charge in [-0.1, -0.05) is 22.0 Å². The molecule has 0 unspecified atom stereocenters. The Balaban J connectivity index is 1.91. The normalized spacial score (nSPS) is 11.2. The van der Waals surface area contributed by atoms with Crippen molar-refractivity contribution >= 4 is 51.1 Å². The van der Waals surface area contributed by atoms with Crippen LogP contribution in [0.3, 0.4) is 0 Å². The molecule has 2 heterocycles. The van der Waals surface area contributed by atoms with E-state index in [-0.39, 0.29) is 35.6 Å². The highest BCUT2D eigenvalue weighted by Gasteiger charge is 2.28. The Labute approximate surface area is 221 Å². The number of esters is 2. The number of rotatable bonds is 9. The largest absolute Gasteiger partial charge is 0.462 e. The van der Waals surface area contributed by atoms with E-state index in [2.05, 4.69) is 15.9 Å². The SMILES string of the molecule is CCOC(=O)c1sc(CC(=O)/C(C#N)=C/c2ccc(-c3ccc(C)cc3Br)o2)c(C(=O)OCC)c1C. The molecule has 3 aromatic rings. The fraction of sp³-hybridized carbons (Fsp3) is 0.259. The topological polar surface area (TPSA) is 107 Å². The zero-order chi connectivity index (χ0) is 26.4. The number of carbonyl (C=O) groups is 3. The van der Waals surface area contributed by atoms with E-state index in [0.717, 1.165) is 26.9 Å². The lowest BCUT2D eigenvalue weighted by atomic mass is 10.0. The lowest BCUT2D eigenvalue weighted by Gasteiger charge is -2.05. The first-order valence-electron chi connectivity index (χ1n) is 11.2. The van der Waals surface area contributed by atoms with E-state index in [1.54, 1.807) is 32.9 Å².